The van der Waals surface area contributed by atoms with Gasteiger partial charge in [0.05, 0.1) is 12.4 Å². The van der Waals surface area contributed by atoms with E-state index in [1.807, 2.05) is 0 Å². The summed E-state index contributed by atoms with van der Waals surface area (Å²) in [5, 5.41) is 7.12. The molecule has 0 bridgehead atoms. The predicted molar refractivity (Wildman–Crippen MR) is 61.2 cm³/mol. The Kier molecular flexibility index (Phi) is 3.75. The van der Waals surface area contributed by atoms with Gasteiger partial charge in [0.1, 0.15) is 11.0 Å². The lowest BCUT2D eigenvalue weighted by molar-refractivity contribution is 0.414. The Balaban J connectivity index is 1.81. The molecule has 1 aromatic heterocycles. The Morgan fingerprint density at radius 2 is 2.40 bits per heavy atom. The standard InChI is InChI=1S/C10H15ClN4/c11-9-6-12-7-10(15-9)14-5-8-3-1-2-4-13-8/h6-8,13H,1-5H2,(H,14,15). The second-order valence-corrected chi connectivity index (χ2v) is 4.14. The van der Waals surface area contributed by atoms with Crippen LogP contribution in [-0.2, 0) is 0 Å². The number of nitrogens with one attached hydrogen (secondary N) is 2. The molecule has 0 spiro atoms. The number of hydrogen-bond donors (Lipinski definition) is 2. The van der Waals surface area contributed by atoms with Gasteiger partial charge in [0.2, 0.25) is 0 Å². The molecule has 1 atom stereocenters. The van der Waals surface area contributed by atoms with Crippen LogP contribution in [0.15, 0.2) is 12.4 Å². The van der Waals surface area contributed by atoms with Crippen LogP contribution in [0.3, 0.4) is 0 Å². The molecule has 1 fully saturated rings. The van der Waals surface area contributed by atoms with E-state index >= 15 is 0 Å². The first kappa shape index (κ1) is 10.6. The summed E-state index contributed by atoms with van der Waals surface area (Å²) < 4.78 is 0. The maximum atomic E-state index is 5.74. The second kappa shape index (κ2) is 5.28. The van der Waals surface area contributed by atoms with Gasteiger partial charge in [-0.1, -0.05) is 18.0 Å². The third-order valence-electron chi connectivity index (χ3n) is 2.55. The number of nitrogens with zero attached hydrogens (tertiary/aromatic N) is 2. The minimum absolute atomic E-state index is 0.427. The highest BCUT2D eigenvalue weighted by molar-refractivity contribution is 6.29. The molecule has 2 N–H and O–H groups in total. The van der Waals surface area contributed by atoms with Crippen LogP contribution in [0.25, 0.3) is 0 Å². The fourth-order valence-electron chi connectivity index (χ4n) is 1.75. The molecule has 1 aliphatic heterocycles. The van der Waals surface area contributed by atoms with Crippen LogP contribution in [-0.4, -0.2) is 29.1 Å². The fourth-order valence-corrected chi connectivity index (χ4v) is 1.90. The van der Waals surface area contributed by atoms with Crippen LogP contribution in [0.1, 0.15) is 19.3 Å². The zero-order chi connectivity index (χ0) is 10.5. The molecule has 1 saturated heterocycles. The third-order valence-corrected chi connectivity index (χ3v) is 2.73. The summed E-state index contributed by atoms with van der Waals surface area (Å²) in [5.41, 5.74) is 0. The minimum Gasteiger partial charge on any atom is -0.367 e. The van der Waals surface area contributed by atoms with Gasteiger partial charge in [0, 0.05) is 12.6 Å². The first-order valence-electron chi connectivity index (χ1n) is 5.29. The molecule has 0 saturated carbocycles. The summed E-state index contributed by atoms with van der Waals surface area (Å²) in [6, 6.07) is 0.541. The molecule has 2 rings (SSSR count). The topological polar surface area (TPSA) is 49.8 Å². The van der Waals surface area contributed by atoms with Crippen molar-refractivity contribution < 1.29 is 0 Å². The molecular weight excluding hydrogens is 212 g/mol. The first-order chi connectivity index (χ1) is 7.34. The van der Waals surface area contributed by atoms with E-state index in [4.69, 9.17) is 11.6 Å². The molecule has 2 heterocycles. The van der Waals surface area contributed by atoms with Gasteiger partial charge in [-0.05, 0) is 19.4 Å². The van der Waals surface area contributed by atoms with Crippen molar-refractivity contribution in [1.82, 2.24) is 15.3 Å². The van der Waals surface area contributed by atoms with Crippen LogP contribution in [0, 0.1) is 0 Å². The number of hydrogen-bond acceptors (Lipinski definition) is 4. The maximum absolute atomic E-state index is 5.74. The highest BCUT2D eigenvalue weighted by Crippen LogP contribution is 2.09. The summed E-state index contributed by atoms with van der Waals surface area (Å²) >= 11 is 5.74. The molecule has 82 valence electrons. The largest absolute Gasteiger partial charge is 0.367 e. The summed E-state index contributed by atoms with van der Waals surface area (Å²) in [6.45, 7) is 2.00. The molecule has 1 aromatic rings. The van der Waals surface area contributed by atoms with E-state index in [2.05, 4.69) is 20.6 Å². The molecule has 0 amide bonds. The summed E-state index contributed by atoms with van der Waals surface area (Å²) in [7, 11) is 0. The maximum Gasteiger partial charge on any atom is 0.149 e. The highest BCUT2D eigenvalue weighted by atomic mass is 35.5. The van der Waals surface area contributed by atoms with Gasteiger partial charge in [-0.2, -0.15) is 0 Å². The van der Waals surface area contributed by atoms with Crippen molar-refractivity contribution in [3.8, 4) is 0 Å². The smallest absolute Gasteiger partial charge is 0.149 e. The zero-order valence-corrected chi connectivity index (χ0v) is 9.30. The van der Waals surface area contributed by atoms with Crippen molar-refractivity contribution in [3.63, 3.8) is 0 Å². The van der Waals surface area contributed by atoms with Crippen molar-refractivity contribution in [2.24, 2.45) is 0 Å². The molecular formula is C10H15ClN4. The molecule has 4 nitrogen and oxygen atoms in total. The lowest BCUT2D eigenvalue weighted by atomic mass is 10.1. The Bertz CT molecular complexity index is 312. The van der Waals surface area contributed by atoms with Gasteiger partial charge in [0.25, 0.3) is 0 Å². The predicted octanol–water partition coefficient (Wildman–Crippen LogP) is 1.68. The third kappa shape index (κ3) is 3.32. The lowest BCUT2D eigenvalue weighted by Gasteiger charge is -2.23. The summed E-state index contributed by atoms with van der Waals surface area (Å²) in [4.78, 5) is 8.09. The van der Waals surface area contributed by atoms with Crippen LogP contribution in [0.2, 0.25) is 5.15 Å². The normalized spacial score (nSPS) is 21.3. The zero-order valence-electron chi connectivity index (χ0n) is 8.54. The first-order valence-corrected chi connectivity index (χ1v) is 5.67. The number of halogens is 1. The van der Waals surface area contributed by atoms with Gasteiger partial charge < -0.3 is 10.6 Å². The molecule has 0 radical (unpaired) electrons. The monoisotopic (exact) mass is 226 g/mol. The molecule has 1 aliphatic rings. The van der Waals surface area contributed by atoms with Crippen LogP contribution < -0.4 is 10.6 Å². The van der Waals surface area contributed by atoms with Crippen molar-refractivity contribution in [1.29, 1.82) is 0 Å². The van der Waals surface area contributed by atoms with Gasteiger partial charge in [-0.25, -0.2) is 4.98 Å². The van der Waals surface area contributed by atoms with Crippen LogP contribution >= 0.6 is 11.6 Å². The van der Waals surface area contributed by atoms with E-state index in [0.29, 0.717) is 11.2 Å². The molecule has 5 heteroatoms. The average molecular weight is 227 g/mol. The average Bonchev–Trinajstić information content (AvgIpc) is 2.28. The van der Waals surface area contributed by atoms with Crippen LogP contribution in [0.5, 0.6) is 0 Å². The van der Waals surface area contributed by atoms with Crippen molar-refractivity contribution in [2.75, 3.05) is 18.4 Å². The molecule has 0 aliphatic carbocycles. The minimum atomic E-state index is 0.427. The van der Waals surface area contributed by atoms with Gasteiger partial charge in [-0.15, -0.1) is 0 Å². The Morgan fingerprint density at radius 3 is 3.13 bits per heavy atom. The quantitative estimate of drug-likeness (QED) is 0.824. The van der Waals surface area contributed by atoms with Crippen molar-refractivity contribution in [2.45, 2.75) is 25.3 Å². The SMILES string of the molecule is Clc1cncc(NCC2CCCCN2)n1. The van der Waals surface area contributed by atoms with Crippen molar-refractivity contribution in [3.05, 3.63) is 17.5 Å². The molecule has 0 aromatic carbocycles. The van der Waals surface area contributed by atoms with E-state index in [0.717, 1.165) is 18.9 Å². The highest BCUT2D eigenvalue weighted by Gasteiger charge is 2.11. The van der Waals surface area contributed by atoms with E-state index < -0.39 is 0 Å². The Hall–Kier alpha value is -0.870. The van der Waals surface area contributed by atoms with Gasteiger partial charge in [-0.3, -0.25) is 4.98 Å². The van der Waals surface area contributed by atoms with Gasteiger partial charge in [0.15, 0.2) is 0 Å². The Morgan fingerprint density at radius 1 is 1.47 bits per heavy atom. The summed E-state index contributed by atoms with van der Waals surface area (Å²) in [6.07, 6.45) is 7.04. The number of anilines is 1. The number of piperidine rings is 1. The van der Waals surface area contributed by atoms with Crippen LogP contribution in [0.4, 0.5) is 5.82 Å². The summed E-state index contributed by atoms with van der Waals surface area (Å²) in [5.74, 6) is 0.745. The van der Waals surface area contributed by atoms with E-state index in [1.165, 1.54) is 25.5 Å². The number of aromatic nitrogens is 2. The van der Waals surface area contributed by atoms with Crippen molar-refractivity contribution >= 4 is 17.4 Å². The fraction of sp³-hybridized carbons (Fsp3) is 0.600. The second-order valence-electron chi connectivity index (χ2n) is 3.75. The molecule has 15 heavy (non-hydrogen) atoms. The Labute approximate surface area is 94.5 Å². The number of rotatable bonds is 3. The van der Waals surface area contributed by atoms with E-state index in [1.54, 1.807) is 6.20 Å². The van der Waals surface area contributed by atoms with E-state index in [9.17, 15) is 0 Å². The molecule has 1 unspecified atom stereocenters. The van der Waals surface area contributed by atoms with E-state index in [-0.39, 0.29) is 0 Å². The van der Waals surface area contributed by atoms with Gasteiger partial charge >= 0.3 is 0 Å². The lowest BCUT2D eigenvalue weighted by Crippen LogP contribution is -2.39.